The summed E-state index contributed by atoms with van der Waals surface area (Å²) in [5.41, 5.74) is 1.10. The van der Waals surface area contributed by atoms with Crippen LogP contribution in [0.15, 0.2) is 36.7 Å². The number of rotatable bonds is 8. The molecule has 0 bridgehead atoms. The summed E-state index contributed by atoms with van der Waals surface area (Å²) in [7, 11) is 3.74. The van der Waals surface area contributed by atoms with E-state index in [0.29, 0.717) is 6.54 Å². The molecule has 1 aromatic carbocycles. The standard InChI is InChI=1S/C17H24N4O/c1-4-5-10-21(2)17-11-16(19-13-20-17)18-12-14-8-6-7-9-15(14)22-3/h6-9,11,13H,4-5,10,12H2,1-3H3,(H,18,19,20). The van der Waals surface area contributed by atoms with Crippen LogP contribution < -0.4 is 15.0 Å². The number of benzene rings is 1. The first-order chi connectivity index (χ1) is 10.7. The number of nitrogens with zero attached hydrogens (tertiary/aromatic N) is 3. The highest BCUT2D eigenvalue weighted by molar-refractivity contribution is 5.48. The van der Waals surface area contributed by atoms with Crippen LogP contribution in [0.25, 0.3) is 0 Å². The molecule has 5 nitrogen and oxygen atoms in total. The van der Waals surface area contributed by atoms with Gasteiger partial charge in [-0.3, -0.25) is 0 Å². The highest BCUT2D eigenvalue weighted by Crippen LogP contribution is 2.19. The smallest absolute Gasteiger partial charge is 0.133 e. The van der Waals surface area contributed by atoms with Gasteiger partial charge in [-0.2, -0.15) is 0 Å². The van der Waals surface area contributed by atoms with Crippen LogP contribution in [0.1, 0.15) is 25.3 Å². The molecule has 0 aliphatic rings. The first-order valence-electron chi connectivity index (χ1n) is 7.63. The number of nitrogens with one attached hydrogen (secondary N) is 1. The predicted octanol–water partition coefficient (Wildman–Crippen LogP) is 3.33. The minimum Gasteiger partial charge on any atom is -0.496 e. The SMILES string of the molecule is CCCCN(C)c1cc(NCc2ccccc2OC)ncn1. The van der Waals surface area contributed by atoms with Crippen LogP contribution in [-0.4, -0.2) is 30.7 Å². The highest BCUT2D eigenvalue weighted by atomic mass is 16.5. The fourth-order valence-electron chi connectivity index (χ4n) is 2.20. The van der Waals surface area contributed by atoms with Crippen molar-refractivity contribution in [3.05, 3.63) is 42.2 Å². The van der Waals surface area contributed by atoms with Gasteiger partial charge in [0.25, 0.3) is 0 Å². The second-order valence-corrected chi connectivity index (χ2v) is 5.20. The van der Waals surface area contributed by atoms with E-state index in [1.165, 1.54) is 6.42 Å². The molecule has 0 atom stereocenters. The average molecular weight is 300 g/mol. The highest BCUT2D eigenvalue weighted by Gasteiger charge is 2.05. The molecule has 0 fully saturated rings. The Hall–Kier alpha value is -2.30. The lowest BCUT2D eigenvalue weighted by atomic mass is 10.2. The van der Waals surface area contributed by atoms with Gasteiger partial charge in [-0.1, -0.05) is 31.5 Å². The van der Waals surface area contributed by atoms with Gasteiger partial charge in [-0.05, 0) is 12.5 Å². The first kappa shape index (κ1) is 16.1. The molecule has 22 heavy (non-hydrogen) atoms. The number of methoxy groups -OCH3 is 1. The van der Waals surface area contributed by atoms with E-state index in [0.717, 1.165) is 35.9 Å². The van der Waals surface area contributed by atoms with Gasteiger partial charge in [0.1, 0.15) is 23.7 Å². The summed E-state index contributed by atoms with van der Waals surface area (Å²) in [4.78, 5) is 10.8. The Bertz CT molecular complexity index is 588. The van der Waals surface area contributed by atoms with Gasteiger partial charge in [-0.15, -0.1) is 0 Å². The molecule has 0 spiro atoms. The molecule has 5 heteroatoms. The number of unbranched alkanes of at least 4 members (excludes halogenated alkanes) is 1. The molecule has 1 aromatic heterocycles. The van der Waals surface area contributed by atoms with Crippen molar-refractivity contribution in [2.45, 2.75) is 26.3 Å². The fraction of sp³-hybridized carbons (Fsp3) is 0.412. The topological polar surface area (TPSA) is 50.3 Å². The number of anilines is 2. The van der Waals surface area contributed by atoms with Gasteiger partial charge in [0, 0.05) is 31.8 Å². The van der Waals surface area contributed by atoms with Crippen molar-refractivity contribution < 1.29 is 4.74 Å². The Kier molecular flexibility index (Phi) is 6.01. The molecule has 1 N–H and O–H groups in total. The minimum absolute atomic E-state index is 0.666. The number of hydrogen-bond acceptors (Lipinski definition) is 5. The van der Waals surface area contributed by atoms with Gasteiger partial charge >= 0.3 is 0 Å². The van der Waals surface area contributed by atoms with Crippen molar-refractivity contribution in [2.24, 2.45) is 0 Å². The summed E-state index contributed by atoms with van der Waals surface area (Å²) >= 11 is 0. The van der Waals surface area contributed by atoms with Crippen LogP contribution >= 0.6 is 0 Å². The van der Waals surface area contributed by atoms with E-state index in [1.807, 2.05) is 30.3 Å². The molecule has 0 saturated carbocycles. The fourth-order valence-corrected chi connectivity index (χ4v) is 2.20. The van der Waals surface area contributed by atoms with Gasteiger partial charge < -0.3 is 15.0 Å². The Morgan fingerprint density at radius 2 is 2.05 bits per heavy atom. The van der Waals surface area contributed by atoms with Crippen LogP contribution in [0, 0.1) is 0 Å². The molecule has 0 radical (unpaired) electrons. The summed E-state index contributed by atoms with van der Waals surface area (Å²) in [6.07, 6.45) is 3.93. The van der Waals surface area contributed by atoms with E-state index >= 15 is 0 Å². The second kappa shape index (κ2) is 8.22. The summed E-state index contributed by atoms with van der Waals surface area (Å²) in [6, 6.07) is 9.95. The van der Waals surface area contributed by atoms with Gasteiger partial charge in [0.15, 0.2) is 0 Å². The Morgan fingerprint density at radius 1 is 1.23 bits per heavy atom. The summed E-state index contributed by atoms with van der Waals surface area (Å²) in [6.45, 7) is 3.85. The third-order valence-corrected chi connectivity index (χ3v) is 3.54. The summed E-state index contributed by atoms with van der Waals surface area (Å²) < 4.78 is 5.36. The Balaban J connectivity index is 2.01. The minimum atomic E-state index is 0.666. The van der Waals surface area contributed by atoms with E-state index in [4.69, 9.17) is 4.74 Å². The maximum atomic E-state index is 5.36. The van der Waals surface area contributed by atoms with Crippen LogP contribution in [0.4, 0.5) is 11.6 Å². The third kappa shape index (κ3) is 4.35. The number of hydrogen-bond donors (Lipinski definition) is 1. The lowest BCUT2D eigenvalue weighted by Gasteiger charge is -2.18. The van der Waals surface area contributed by atoms with Crippen molar-refractivity contribution in [2.75, 3.05) is 30.9 Å². The molecule has 118 valence electrons. The monoisotopic (exact) mass is 300 g/mol. The molecule has 1 heterocycles. The van der Waals surface area contributed by atoms with Crippen molar-refractivity contribution in [1.82, 2.24) is 9.97 Å². The molecule has 0 aliphatic carbocycles. The molecule has 2 rings (SSSR count). The maximum absolute atomic E-state index is 5.36. The number of para-hydroxylation sites is 1. The normalized spacial score (nSPS) is 10.3. The van der Waals surface area contributed by atoms with E-state index in [1.54, 1.807) is 13.4 Å². The van der Waals surface area contributed by atoms with Gasteiger partial charge in [0.2, 0.25) is 0 Å². The van der Waals surface area contributed by atoms with Crippen molar-refractivity contribution in [1.29, 1.82) is 0 Å². The molecule has 0 amide bonds. The zero-order chi connectivity index (χ0) is 15.8. The zero-order valence-electron chi connectivity index (χ0n) is 13.5. The van der Waals surface area contributed by atoms with E-state index in [-0.39, 0.29) is 0 Å². The van der Waals surface area contributed by atoms with Crippen LogP contribution in [0.3, 0.4) is 0 Å². The lowest BCUT2D eigenvalue weighted by Crippen LogP contribution is -2.19. The van der Waals surface area contributed by atoms with Gasteiger partial charge in [-0.25, -0.2) is 9.97 Å². The van der Waals surface area contributed by atoms with E-state index < -0.39 is 0 Å². The lowest BCUT2D eigenvalue weighted by molar-refractivity contribution is 0.410. The van der Waals surface area contributed by atoms with Crippen LogP contribution in [0.5, 0.6) is 5.75 Å². The third-order valence-electron chi connectivity index (χ3n) is 3.54. The molecule has 0 aliphatic heterocycles. The van der Waals surface area contributed by atoms with Crippen molar-refractivity contribution in [3.63, 3.8) is 0 Å². The summed E-state index contributed by atoms with van der Waals surface area (Å²) in [5, 5.41) is 3.33. The molecular weight excluding hydrogens is 276 g/mol. The van der Waals surface area contributed by atoms with E-state index in [9.17, 15) is 0 Å². The Morgan fingerprint density at radius 3 is 2.82 bits per heavy atom. The Labute approximate surface area is 132 Å². The molecule has 2 aromatic rings. The number of ether oxygens (including phenoxy) is 1. The van der Waals surface area contributed by atoms with Crippen LogP contribution in [-0.2, 0) is 6.54 Å². The zero-order valence-corrected chi connectivity index (χ0v) is 13.5. The predicted molar refractivity (Wildman–Crippen MR) is 90.5 cm³/mol. The van der Waals surface area contributed by atoms with Crippen molar-refractivity contribution in [3.8, 4) is 5.75 Å². The first-order valence-corrected chi connectivity index (χ1v) is 7.63. The summed E-state index contributed by atoms with van der Waals surface area (Å²) in [5.74, 6) is 2.63. The van der Waals surface area contributed by atoms with E-state index in [2.05, 4.69) is 34.2 Å². The second-order valence-electron chi connectivity index (χ2n) is 5.20. The molecule has 0 saturated heterocycles. The van der Waals surface area contributed by atoms with Gasteiger partial charge in [0.05, 0.1) is 7.11 Å². The maximum Gasteiger partial charge on any atom is 0.133 e. The number of aromatic nitrogens is 2. The average Bonchev–Trinajstić information content (AvgIpc) is 2.58. The van der Waals surface area contributed by atoms with Crippen molar-refractivity contribution >= 4 is 11.6 Å². The largest absolute Gasteiger partial charge is 0.496 e. The molecule has 0 unspecified atom stereocenters. The quantitative estimate of drug-likeness (QED) is 0.810. The molecular formula is C17H24N4O. The van der Waals surface area contributed by atoms with Crippen LogP contribution in [0.2, 0.25) is 0 Å².